The third-order valence-electron chi connectivity index (χ3n) is 5.76. The Hall–Kier alpha value is -2.88. The van der Waals surface area contributed by atoms with Crippen LogP contribution in [0.3, 0.4) is 0 Å². The van der Waals surface area contributed by atoms with Gasteiger partial charge in [0.05, 0.1) is 10.5 Å². The van der Waals surface area contributed by atoms with Gasteiger partial charge in [-0.25, -0.2) is 4.98 Å². The fraction of sp³-hybridized carbons (Fsp3) is 0.217. The van der Waals surface area contributed by atoms with Crippen LogP contribution in [0, 0.1) is 0 Å². The number of halogens is 1. The molecule has 1 amide bonds. The molecule has 0 aliphatic carbocycles. The number of benzene rings is 1. The summed E-state index contributed by atoms with van der Waals surface area (Å²) in [4.78, 5) is 37.1. The summed E-state index contributed by atoms with van der Waals surface area (Å²) < 4.78 is 1.97. The van der Waals surface area contributed by atoms with E-state index in [0.29, 0.717) is 44.4 Å². The van der Waals surface area contributed by atoms with E-state index in [1.807, 2.05) is 36.4 Å². The summed E-state index contributed by atoms with van der Waals surface area (Å²) in [6, 6.07) is 13.2. The van der Waals surface area contributed by atoms with E-state index < -0.39 is 0 Å². The molecule has 0 atom stereocenters. The van der Waals surface area contributed by atoms with Crippen molar-refractivity contribution in [3.8, 4) is 0 Å². The van der Waals surface area contributed by atoms with Crippen LogP contribution in [0.4, 0.5) is 11.5 Å². The number of fused-ring (bicyclic) bond motifs is 1. The van der Waals surface area contributed by atoms with E-state index in [9.17, 15) is 9.59 Å². The van der Waals surface area contributed by atoms with Gasteiger partial charge in [0.25, 0.3) is 11.5 Å². The van der Waals surface area contributed by atoms with Crippen molar-refractivity contribution in [2.24, 2.45) is 0 Å². The lowest BCUT2D eigenvalue weighted by Gasteiger charge is -2.37. The number of carbonyl (C=O) groups excluding carboxylic acids is 1. The first-order valence-electron chi connectivity index (χ1n) is 10.4. The maximum atomic E-state index is 13.4. The van der Waals surface area contributed by atoms with Crippen LogP contribution < -0.4 is 15.4 Å². The van der Waals surface area contributed by atoms with Crippen LogP contribution in [0.25, 0.3) is 11.7 Å². The van der Waals surface area contributed by atoms with Gasteiger partial charge in [0, 0.05) is 50.1 Å². The highest BCUT2D eigenvalue weighted by Crippen LogP contribution is 2.32. The molecular weight excluding hydrogens is 478 g/mol. The molecule has 0 unspecified atom stereocenters. The molecule has 3 aromatic rings. The van der Waals surface area contributed by atoms with Gasteiger partial charge >= 0.3 is 0 Å². The SMILES string of the molecule is CN1C(=O)/C(=C\c2c(N3CCN(c4cccc(Cl)c4)CC3)nc3ccccn3c2=O)SC1=S. The second-order valence-corrected chi connectivity index (χ2v) is 9.89. The number of nitrogens with zero attached hydrogens (tertiary/aromatic N) is 5. The Morgan fingerprint density at radius 1 is 1.06 bits per heavy atom. The zero-order valence-corrected chi connectivity index (χ0v) is 20.2. The van der Waals surface area contributed by atoms with Crippen LogP contribution in [0.1, 0.15) is 5.56 Å². The zero-order valence-electron chi connectivity index (χ0n) is 17.8. The number of hydrogen-bond donors (Lipinski definition) is 0. The first-order chi connectivity index (χ1) is 15.9. The lowest BCUT2D eigenvalue weighted by atomic mass is 10.2. The van der Waals surface area contributed by atoms with Crippen molar-refractivity contribution in [1.82, 2.24) is 14.3 Å². The summed E-state index contributed by atoms with van der Waals surface area (Å²) in [6.07, 6.45) is 3.32. The van der Waals surface area contributed by atoms with Gasteiger partial charge in [0.1, 0.15) is 15.8 Å². The minimum absolute atomic E-state index is 0.209. The second kappa shape index (κ2) is 8.81. The lowest BCUT2D eigenvalue weighted by Crippen LogP contribution is -2.47. The number of aromatic nitrogens is 2. The monoisotopic (exact) mass is 497 g/mol. The summed E-state index contributed by atoms with van der Waals surface area (Å²) in [6.45, 7) is 2.87. The molecule has 7 nitrogen and oxygen atoms in total. The van der Waals surface area contributed by atoms with Gasteiger partial charge in [-0.2, -0.15) is 0 Å². The highest BCUT2D eigenvalue weighted by Gasteiger charge is 2.30. The molecule has 0 bridgehead atoms. The number of hydrogen-bond acceptors (Lipinski definition) is 7. The summed E-state index contributed by atoms with van der Waals surface area (Å²) in [5.41, 5.74) is 1.81. The third-order valence-corrected chi connectivity index (χ3v) is 7.48. The van der Waals surface area contributed by atoms with E-state index in [1.165, 1.54) is 21.1 Å². The van der Waals surface area contributed by atoms with Crippen LogP contribution in [-0.2, 0) is 4.79 Å². The van der Waals surface area contributed by atoms with E-state index in [-0.39, 0.29) is 11.5 Å². The first kappa shape index (κ1) is 21.9. The molecule has 2 aliphatic rings. The van der Waals surface area contributed by atoms with E-state index in [0.717, 1.165) is 18.8 Å². The number of rotatable bonds is 3. The molecule has 2 fully saturated rings. The highest BCUT2D eigenvalue weighted by atomic mass is 35.5. The minimum atomic E-state index is -0.214. The number of carbonyl (C=O) groups is 1. The largest absolute Gasteiger partial charge is 0.368 e. The quantitative estimate of drug-likeness (QED) is 0.405. The number of anilines is 2. The molecule has 2 aromatic heterocycles. The summed E-state index contributed by atoms with van der Waals surface area (Å²) in [7, 11) is 1.64. The lowest BCUT2D eigenvalue weighted by molar-refractivity contribution is -0.121. The molecule has 0 saturated carbocycles. The van der Waals surface area contributed by atoms with Gasteiger partial charge in [-0.3, -0.25) is 18.9 Å². The molecule has 2 saturated heterocycles. The fourth-order valence-corrected chi connectivity index (χ4v) is 5.33. The molecule has 4 heterocycles. The van der Waals surface area contributed by atoms with Crippen molar-refractivity contribution in [2.45, 2.75) is 0 Å². The molecule has 0 N–H and O–H groups in total. The van der Waals surface area contributed by atoms with Crippen molar-refractivity contribution in [1.29, 1.82) is 0 Å². The van der Waals surface area contributed by atoms with Gasteiger partial charge < -0.3 is 9.80 Å². The Morgan fingerprint density at radius 3 is 2.52 bits per heavy atom. The maximum absolute atomic E-state index is 13.4. The molecule has 2 aliphatic heterocycles. The predicted octanol–water partition coefficient (Wildman–Crippen LogP) is 3.51. The normalized spacial score (nSPS) is 18.1. The second-order valence-electron chi connectivity index (χ2n) is 7.78. The number of piperazine rings is 1. The van der Waals surface area contributed by atoms with Crippen molar-refractivity contribution < 1.29 is 4.79 Å². The van der Waals surface area contributed by atoms with Crippen LogP contribution in [0.2, 0.25) is 5.02 Å². The minimum Gasteiger partial charge on any atom is -0.368 e. The van der Waals surface area contributed by atoms with Gasteiger partial charge in [-0.1, -0.05) is 47.7 Å². The molecule has 0 radical (unpaired) electrons. The van der Waals surface area contributed by atoms with E-state index >= 15 is 0 Å². The number of thiocarbonyl (C=S) groups is 1. The summed E-state index contributed by atoms with van der Waals surface area (Å²) in [5, 5.41) is 0.703. The number of likely N-dealkylation sites (N-methyl/N-ethyl adjacent to an activating group) is 1. The van der Waals surface area contributed by atoms with Crippen molar-refractivity contribution in [3.05, 3.63) is 74.5 Å². The molecule has 5 rings (SSSR count). The third kappa shape index (κ3) is 4.12. The Labute approximate surface area is 205 Å². The van der Waals surface area contributed by atoms with Crippen LogP contribution >= 0.6 is 35.6 Å². The average molecular weight is 498 g/mol. The summed E-state index contributed by atoms with van der Waals surface area (Å²) >= 11 is 12.6. The Balaban J connectivity index is 1.53. The van der Waals surface area contributed by atoms with Gasteiger partial charge in [0.15, 0.2) is 0 Å². The van der Waals surface area contributed by atoms with E-state index in [2.05, 4.69) is 9.80 Å². The van der Waals surface area contributed by atoms with Crippen molar-refractivity contribution >= 4 is 69.0 Å². The Bertz CT molecular complexity index is 1360. The van der Waals surface area contributed by atoms with E-state index in [4.69, 9.17) is 28.8 Å². The molecule has 33 heavy (non-hydrogen) atoms. The van der Waals surface area contributed by atoms with Crippen LogP contribution in [0.5, 0.6) is 0 Å². The van der Waals surface area contributed by atoms with Gasteiger partial charge in [0.2, 0.25) is 0 Å². The Morgan fingerprint density at radius 2 is 1.82 bits per heavy atom. The highest BCUT2D eigenvalue weighted by molar-refractivity contribution is 8.26. The fourth-order valence-electron chi connectivity index (χ4n) is 3.98. The predicted molar refractivity (Wildman–Crippen MR) is 138 cm³/mol. The number of pyridine rings is 1. The van der Waals surface area contributed by atoms with Crippen LogP contribution in [-0.4, -0.2) is 57.7 Å². The smallest absolute Gasteiger partial charge is 0.267 e. The standard InChI is InChI=1S/C23H20ClN5O2S2/c1-26-22(31)18(33-23(26)32)14-17-20(25-19-7-2-3-8-29(19)21(17)30)28-11-9-27(10-12-28)16-6-4-5-15(24)13-16/h2-8,13-14H,9-12H2,1H3/b18-14+. The molecular formula is C23H20ClN5O2S2. The van der Waals surface area contributed by atoms with Crippen LogP contribution in [0.15, 0.2) is 58.4 Å². The first-order valence-corrected chi connectivity index (χ1v) is 12.0. The molecule has 10 heteroatoms. The molecule has 1 aromatic carbocycles. The Kier molecular flexibility index (Phi) is 5.86. The van der Waals surface area contributed by atoms with Gasteiger partial charge in [-0.05, 0) is 36.4 Å². The average Bonchev–Trinajstić information content (AvgIpc) is 3.07. The molecule has 0 spiro atoms. The summed E-state index contributed by atoms with van der Waals surface area (Å²) in [5.74, 6) is 0.373. The molecule has 168 valence electrons. The maximum Gasteiger partial charge on any atom is 0.267 e. The van der Waals surface area contributed by atoms with E-state index in [1.54, 1.807) is 25.4 Å². The van der Waals surface area contributed by atoms with Crippen molar-refractivity contribution in [2.75, 3.05) is 43.0 Å². The van der Waals surface area contributed by atoms with Crippen molar-refractivity contribution in [3.63, 3.8) is 0 Å². The number of thioether (sulfide) groups is 1. The van der Waals surface area contributed by atoms with Gasteiger partial charge in [-0.15, -0.1) is 0 Å². The number of amides is 1. The topological polar surface area (TPSA) is 61.2 Å². The zero-order chi connectivity index (χ0) is 23.1.